The third-order valence-electron chi connectivity index (χ3n) is 4.44. The van der Waals surface area contributed by atoms with Crippen molar-refractivity contribution in [2.45, 2.75) is 20.3 Å². The number of aryl methyl sites for hydroxylation is 1. The van der Waals surface area contributed by atoms with Gasteiger partial charge in [0.2, 0.25) is 0 Å². The summed E-state index contributed by atoms with van der Waals surface area (Å²) in [5.74, 6) is -0.957. The molecule has 0 bridgehead atoms. The number of rotatable bonds is 6. The van der Waals surface area contributed by atoms with Crippen LogP contribution in [-0.4, -0.2) is 24.6 Å². The van der Waals surface area contributed by atoms with Crippen LogP contribution < -0.4 is 15.5 Å². The molecule has 0 saturated heterocycles. The van der Waals surface area contributed by atoms with Gasteiger partial charge in [-0.1, -0.05) is 55.5 Å². The molecule has 3 rings (SSSR count). The number of carbonyl (C=O) groups excluding carboxylic acids is 2. The maximum atomic E-state index is 12.2. The number of hydrogen-bond donors (Lipinski definition) is 2. The molecular formula is C23H23N3O3. The molecule has 0 fully saturated rings. The zero-order chi connectivity index (χ0) is 20.6. The van der Waals surface area contributed by atoms with Gasteiger partial charge in [0.25, 0.3) is 0 Å². The molecule has 3 aromatic rings. The van der Waals surface area contributed by atoms with E-state index in [1.807, 2.05) is 62.4 Å². The average molecular weight is 389 g/mol. The number of ether oxygens (including phenoxy) is 1. The van der Waals surface area contributed by atoms with Gasteiger partial charge in [0.1, 0.15) is 5.75 Å². The van der Waals surface area contributed by atoms with Gasteiger partial charge in [-0.15, -0.1) is 0 Å². The Morgan fingerprint density at radius 2 is 1.72 bits per heavy atom. The Bertz CT molecular complexity index is 1060. The summed E-state index contributed by atoms with van der Waals surface area (Å²) in [7, 11) is 0. The van der Waals surface area contributed by atoms with E-state index >= 15 is 0 Å². The number of fused-ring (bicyclic) bond motifs is 1. The summed E-state index contributed by atoms with van der Waals surface area (Å²) in [5.41, 5.74) is 4.59. The molecule has 0 spiro atoms. The highest BCUT2D eigenvalue weighted by molar-refractivity contribution is 6.39. The number of nitrogens with zero attached hydrogens (tertiary/aromatic N) is 1. The Morgan fingerprint density at radius 1 is 0.966 bits per heavy atom. The van der Waals surface area contributed by atoms with Gasteiger partial charge in [-0.05, 0) is 41.8 Å². The van der Waals surface area contributed by atoms with Gasteiger partial charge in [0, 0.05) is 11.3 Å². The molecule has 2 amide bonds. The molecule has 2 N–H and O–H groups in total. The lowest BCUT2D eigenvalue weighted by atomic mass is 10.0. The minimum Gasteiger partial charge on any atom is -0.493 e. The van der Waals surface area contributed by atoms with Crippen LogP contribution in [0.25, 0.3) is 10.8 Å². The summed E-state index contributed by atoms with van der Waals surface area (Å²) >= 11 is 0. The minimum atomic E-state index is -0.842. The van der Waals surface area contributed by atoms with E-state index in [1.165, 1.54) is 6.21 Å². The lowest BCUT2D eigenvalue weighted by Crippen LogP contribution is -2.32. The van der Waals surface area contributed by atoms with Crippen molar-refractivity contribution in [2.24, 2.45) is 5.10 Å². The van der Waals surface area contributed by atoms with E-state index in [0.29, 0.717) is 18.0 Å². The number of amides is 2. The van der Waals surface area contributed by atoms with E-state index in [2.05, 4.69) is 15.8 Å². The molecule has 6 nitrogen and oxygen atoms in total. The van der Waals surface area contributed by atoms with E-state index in [0.717, 1.165) is 28.3 Å². The number of para-hydroxylation sites is 1. The van der Waals surface area contributed by atoms with Crippen LogP contribution in [-0.2, 0) is 16.0 Å². The summed E-state index contributed by atoms with van der Waals surface area (Å²) in [4.78, 5) is 24.3. The highest BCUT2D eigenvalue weighted by Gasteiger charge is 2.14. The molecule has 0 radical (unpaired) electrons. The number of carbonyl (C=O) groups is 2. The first-order chi connectivity index (χ1) is 14.1. The smallest absolute Gasteiger partial charge is 0.329 e. The van der Waals surface area contributed by atoms with E-state index in [1.54, 1.807) is 12.1 Å². The first-order valence-corrected chi connectivity index (χ1v) is 9.50. The number of nitrogens with one attached hydrogen (secondary N) is 2. The van der Waals surface area contributed by atoms with Crippen LogP contribution in [0.4, 0.5) is 5.69 Å². The van der Waals surface area contributed by atoms with Gasteiger partial charge in [0.15, 0.2) is 0 Å². The maximum absolute atomic E-state index is 12.2. The maximum Gasteiger partial charge on any atom is 0.329 e. The van der Waals surface area contributed by atoms with E-state index < -0.39 is 11.8 Å². The van der Waals surface area contributed by atoms with Crippen molar-refractivity contribution >= 4 is 34.5 Å². The fourth-order valence-electron chi connectivity index (χ4n) is 3.03. The van der Waals surface area contributed by atoms with Crippen molar-refractivity contribution in [1.82, 2.24) is 5.43 Å². The van der Waals surface area contributed by atoms with Crippen molar-refractivity contribution in [3.63, 3.8) is 0 Å². The fourth-order valence-corrected chi connectivity index (χ4v) is 3.03. The Kier molecular flexibility index (Phi) is 6.58. The van der Waals surface area contributed by atoms with Crippen molar-refractivity contribution in [3.8, 4) is 5.75 Å². The number of benzene rings is 3. The summed E-state index contributed by atoms with van der Waals surface area (Å²) in [6, 6.07) is 19.0. The molecule has 29 heavy (non-hydrogen) atoms. The van der Waals surface area contributed by atoms with Crippen LogP contribution in [0.2, 0.25) is 0 Å². The largest absolute Gasteiger partial charge is 0.493 e. The molecule has 0 atom stereocenters. The summed E-state index contributed by atoms with van der Waals surface area (Å²) in [6.45, 7) is 4.39. The molecule has 148 valence electrons. The quantitative estimate of drug-likeness (QED) is 0.381. The molecule has 0 aromatic heterocycles. The predicted molar refractivity (Wildman–Crippen MR) is 115 cm³/mol. The number of anilines is 1. The Hall–Kier alpha value is -3.67. The van der Waals surface area contributed by atoms with Crippen LogP contribution in [0.5, 0.6) is 5.75 Å². The molecule has 6 heteroatoms. The molecule has 0 aliphatic heterocycles. The highest BCUT2D eigenvalue weighted by atomic mass is 16.5. The predicted octanol–water partition coefficient (Wildman–Crippen LogP) is 3.89. The van der Waals surface area contributed by atoms with Gasteiger partial charge < -0.3 is 10.1 Å². The molecule has 0 aliphatic rings. The second-order valence-electron chi connectivity index (χ2n) is 6.30. The molecule has 0 aliphatic carbocycles. The van der Waals surface area contributed by atoms with E-state index in [4.69, 9.17) is 4.74 Å². The van der Waals surface area contributed by atoms with Gasteiger partial charge in [0.05, 0.1) is 12.8 Å². The van der Waals surface area contributed by atoms with Crippen LogP contribution in [0.3, 0.4) is 0 Å². The van der Waals surface area contributed by atoms with Crippen molar-refractivity contribution in [2.75, 3.05) is 11.9 Å². The second-order valence-corrected chi connectivity index (χ2v) is 6.30. The first kappa shape index (κ1) is 20.1. The van der Waals surface area contributed by atoms with Crippen molar-refractivity contribution in [1.29, 1.82) is 0 Å². The normalized spacial score (nSPS) is 10.8. The summed E-state index contributed by atoms with van der Waals surface area (Å²) in [5, 5.41) is 8.56. The monoisotopic (exact) mass is 389 g/mol. The third-order valence-corrected chi connectivity index (χ3v) is 4.44. The lowest BCUT2D eigenvalue weighted by molar-refractivity contribution is -0.136. The highest BCUT2D eigenvalue weighted by Crippen LogP contribution is 2.26. The summed E-state index contributed by atoms with van der Waals surface area (Å²) in [6.07, 6.45) is 2.25. The van der Waals surface area contributed by atoms with Gasteiger partial charge in [-0.2, -0.15) is 5.10 Å². The Morgan fingerprint density at radius 3 is 2.52 bits per heavy atom. The van der Waals surface area contributed by atoms with Crippen LogP contribution in [0, 0.1) is 0 Å². The molecule has 0 saturated carbocycles. The fraction of sp³-hybridized carbons (Fsp3) is 0.174. The molecule has 3 aromatic carbocycles. The van der Waals surface area contributed by atoms with Crippen LogP contribution in [0.1, 0.15) is 25.0 Å². The molecule has 0 unspecified atom stereocenters. The van der Waals surface area contributed by atoms with E-state index in [-0.39, 0.29) is 0 Å². The van der Waals surface area contributed by atoms with E-state index in [9.17, 15) is 9.59 Å². The first-order valence-electron chi connectivity index (χ1n) is 9.50. The second kappa shape index (κ2) is 9.50. The molecule has 0 heterocycles. The SMILES string of the molecule is CCOc1ccc2ccccc2c1/C=N\NC(=O)C(=O)Nc1ccccc1CC. The van der Waals surface area contributed by atoms with Crippen molar-refractivity contribution in [3.05, 3.63) is 71.8 Å². The molecular weight excluding hydrogens is 366 g/mol. The zero-order valence-electron chi connectivity index (χ0n) is 16.4. The number of hydrazone groups is 1. The standard InChI is InChI=1S/C23H23N3O3/c1-3-16-9-6-8-12-20(16)25-22(27)23(28)26-24-15-19-18-11-7-5-10-17(18)13-14-21(19)29-4-2/h5-15H,3-4H2,1-2H3,(H,25,27)(H,26,28)/b24-15-. The third kappa shape index (κ3) is 4.79. The zero-order valence-corrected chi connectivity index (χ0v) is 16.4. The Labute approximate surface area is 169 Å². The average Bonchev–Trinajstić information content (AvgIpc) is 2.75. The van der Waals surface area contributed by atoms with Crippen LogP contribution >= 0.6 is 0 Å². The summed E-state index contributed by atoms with van der Waals surface area (Å²) < 4.78 is 5.67. The topological polar surface area (TPSA) is 79.8 Å². The van der Waals surface area contributed by atoms with Crippen LogP contribution in [0.15, 0.2) is 65.8 Å². The van der Waals surface area contributed by atoms with Gasteiger partial charge >= 0.3 is 11.8 Å². The minimum absolute atomic E-state index is 0.505. The lowest BCUT2D eigenvalue weighted by Gasteiger charge is -2.10. The van der Waals surface area contributed by atoms with Crippen molar-refractivity contribution < 1.29 is 14.3 Å². The number of hydrogen-bond acceptors (Lipinski definition) is 4. The van der Waals surface area contributed by atoms with Gasteiger partial charge in [-0.25, -0.2) is 5.43 Å². The van der Waals surface area contributed by atoms with Gasteiger partial charge in [-0.3, -0.25) is 9.59 Å². The Balaban J connectivity index is 1.74.